The summed E-state index contributed by atoms with van der Waals surface area (Å²) in [5, 5.41) is 8.10. The van der Waals surface area contributed by atoms with E-state index >= 15 is 0 Å². The van der Waals surface area contributed by atoms with E-state index in [0.29, 0.717) is 4.77 Å². The van der Waals surface area contributed by atoms with Crippen LogP contribution in [0, 0.1) is 4.77 Å². The van der Waals surface area contributed by atoms with Crippen LogP contribution in [0.1, 0.15) is 17.0 Å². The average molecular weight is 376 g/mol. The second kappa shape index (κ2) is 8.51. The van der Waals surface area contributed by atoms with E-state index in [0.717, 1.165) is 40.9 Å². The molecule has 3 nitrogen and oxygen atoms in total. The molecule has 0 fully saturated rings. The molecule has 1 N–H and O–H groups in total. The lowest BCUT2D eigenvalue weighted by molar-refractivity contribution is 0.661. The van der Waals surface area contributed by atoms with Crippen LogP contribution in [0.5, 0.6) is 0 Å². The van der Waals surface area contributed by atoms with Crippen molar-refractivity contribution in [2.45, 2.75) is 24.5 Å². The molecule has 6 heteroatoms. The summed E-state index contributed by atoms with van der Waals surface area (Å²) in [6, 6.07) is 18.4. The second-order valence-electron chi connectivity index (χ2n) is 5.42. The molecule has 3 aromatic rings. The first kappa shape index (κ1) is 17.3. The van der Waals surface area contributed by atoms with Gasteiger partial charge in [-0.05, 0) is 35.8 Å². The van der Waals surface area contributed by atoms with Crippen molar-refractivity contribution in [2.75, 3.05) is 0 Å². The zero-order valence-corrected chi connectivity index (χ0v) is 15.5. The maximum Gasteiger partial charge on any atom is 0.195 e. The fraction of sp³-hybridized carbons (Fsp3) is 0.222. The van der Waals surface area contributed by atoms with Gasteiger partial charge in [0.1, 0.15) is 5.82 Å². The van der Waals surface area contributed by atoms with Crippen LogP contribution < -0.4 is 0 Å². The average Bonchev–Trinajstić information content (AvgIpc) is 2.96. The Bertz CT molecular complexity index is 843. The maximum atomic E-state index is 6.20. The predicted octanol–water partition coefficient (Wildman–Crippen LogP) is 5.27. The first-order valence-electron chi connectivity index (χ1n) is 7.73. The highest BCUT2D eigenvalue weighted by molar-refractivity contribution is 7.97. The molecule has 24 heavy (non-hydrogen) atoms. The lowest BCUT2D eigenvalue weighted by Crippen LogP contribution is -2.06. The van der Waals surface area contributed by atoms with Crippen molar-refractivity contribution >= 4 is 35.6 Å². The summed E-state index contributed by atoms with van der Waals surface area (Å²) in [6.07, 6.45) is 0.941. The van der Waals surface area contributed by atoms with Gasteiger partial charge < -0.3 is 4.57 Å². The summed E-state index contributed by atoms with van der Waals surface area (Å²) >= 11 is 13.4. The summed E-state index contributed by atoms with van der Waals surface area (Å²) < 4.78 is 2.77. The SMILES string of the molecule is S=c1[nH]nc(CSCc2ccccc2Cl)n1CCc1ccccc1. The Morgan fingerprint density at radius 2 is 1.79 bits per heavy atom. The van der Waals surface area contributed by atoms with E-state index in [-0.39, 0.29) is 0 Å². The van der Waals surface area contributed by atoms with Gasteiger partial charge in [0.15, 0.2) is 4.77 Å². The van der Waals surface area contributed by atoms with Gasteiger partial charge in [-0.15, -0.1) is 11.8 Å². The minimum Gasteiger partial charge on any atom is -0.303 e. The number of thioether (sulfide) groups is 1. The zero-order chi connectivity index (χ0) is 16.8. The largest absolute Gasteiger partial charge is 0.303 e. The molecule has 1 heterocycles. The van der Waals surface area contributed by atoms with Gasteiger partial charge in [0.25, 0.3) is 0 Å². The van der Waals surface area contributed by atoms with E-state index in [1.165, 1.54) is 5.56 Å². The van der Waals surface area contributed by atoms with E-state index in [9.17, 15) is 0 Å². The number of nitrogens with zero attached hydrogens (tertiary/aromatic N) is 2. The van der Waals surface area contributed by atoms with Crippen LogP contribution >= 0.6 is 35.6 Å². The number of H-pyrrole nitrogens is 1. The quantitative estimate of drug-likeness (QED) is 0.571. The number of rotatable bonds is 7. The molecule has 0 aliphatic heterocycles. The number of aromatic nitrogens is 3. The summed E-state index contributed by atoms with van der Waals surface area (Å²) in [7, 11) is 0. The molecule has 3 rings (SSSR count). The zero-order valence-electron chi connectivity index (χ0n) is 13.1. The molecule has 0 atom stereocenters. The minimum atomic E-state index is 0.680. The van der Waals surface area contributed by atoms with Gasteiger partial charge in [0.2, 0.25) is 0 Å². The van der Waals surface area contributed by atoms with E-state index in [1.54, 1.807) is 11.8 Å². The molecule has 0 aliphatic carbocycles. The third-order valence-corrected chi connectivity index (χ3v) is 5.41. The van der Waals surface area contributed by atoms with Gasteiger partial charge >= 0.3 is 0 Å². The fourth-order valence-corrected chi connectivity index (χ4v) is 3.95. The van der Waals surface area contributed by atoms with Crippen molar-refractivity contribution < 1.29 is 0 Å². The predicted molar refractivity (Wildman–Crippen MR) is 104 cm³/mol. The molecule has 0 unspecified atom stereocenters. The van der Waals surface area contributed by atoms with Gasteiger partial charge in [-0.2, -0.15) is 5.10 Å². The summed E-state index contributed by atoms with van der Waals surface area (Å²) in [6.45, 7) is 0.835. The normalized spacial score (nSPS) is 10.9. The number of aromatic amines is 1. The van der Waals surface area contributed by atoms with E-state index in [4.69, 9.17) is 23.8 Å². The Hall–Kier alpha value is -1.56. The first-order valence-corrected chi connectivity index (χ1v) is 9.67. The van der Waals surface area contributed by atoms with Crippen molar-refractivity contribution in [2.24, 2.45) is 0 Å². The van der Waals surface area contributed by atoms with Crippen LogP contribution in [-0.2, 0) is 24.5 Å². The van der Waals surface area contributed by atoms with Crippen LogP contribution in [0.4, 0.5) is 0 Å². The second-order valence-corrected chi connectivity index (χ2v) is 7.20. The molecule has 0 amide bonds. The van der Waals surface area contributed by atoms with Gasteiger partial charge in [-0.1, -0.05) is 60.1 Å². The minimum absolute atomic E-state index is 0.680. The molecule has 2 aromatic carbocycles. The molecule has 1 aromatic heterocycles. The van der Waals surface area contributed by atoms with Crippen LogP contribution in [0.25, 0.3) is 0 Å². The first-order chi connectivity index (χ1) is 11.7. The van der Waals surface area contributed by atoms with Crippen molar-refractivity contribution in [1.29, 1.82) is 0 Å². The lowest BCUT2D eigenvalue weighted by atomic mass is 10.1. The highest BCUT2D eigenvalue weighted by atomic mass is 35.5. The number of benzene rings is 2. The van der Waals surface area contributed by atoms with Crippen LogP contribution in [0.2, 0.25) is 5.02 Å². The van der Waals surface area contributed by atoms with Gasteiger partial charge in [-0.3, -0.25) is 5.10 Å². The Morgan fingerprint density at radius 1 is 1.04 bits per heavy atom. The molecule has 0 bridgehead atoms. The monoisotopic (exact) mass is 375 g/mol. The third kappa shape index (κ3) is 4.50. The molecular weight excluding hydrogens is 358 g/mol. The number of aryl methyl sites for hydroxylation is 1. The summed E-state index contributed by atoms with van der Waals surface area (Å²) in [5.74, 6) is 2.64. The summed E-state index contributed by atoms with van der Waals surface area (Å²) in [4.78, 5) is 0. The van der Waals surface area contributed by atoms with Gasteiger partial charge in [0.05, 0.1) is 5.75 Å². The molecular formula is C18H18ClN3S2. The Labute approximate surface area is 156 Å². The highest BCUT2D eigenvalue weighted by Crippen LogP contribution is 2.23. The van der Waals surface area contributed by atoms with Crippen molar-refractivity contribution in [3.8, 4) is 0 Å². The molecule has 0 radical (unpaired) electrons. The van der Waals surface area contributed by atoms with E-state index < -0.39 is 0 Å². The molecule has 0 saturated heterocycles. The number of nitrogens with one attached hydrogen (secondary N) is 1. The Morgan fingerprint density at radius 3 is 2.58 bits per heavy atom. The summed E-state index contributed by atoms with van der Waals surface area (Å²) in [5.41, 5.74) is 2.45. The molecule has 124 valence electrons. The Kier molecular flexibility index (Phi) is 6.12. The van der Waals surface area contributed by atoms with Crippen LogP contribution in [0.15, 0.2) is 54.6 Å². The van der Waals surface area contributed by atoms with E-state index in [2.05, 4.69) is 45.1 Å². The molecule has 0 saturated carbocycles. The van der Waals surface area contributed by atoms with E-state index in [1.807, 2.05) is 24.3 Å². The van der Waals surface area contributed by atoms with Crippen molar-refractivity contribution in [1.82, 2.24) is 14.8 Å². The topological polar surface area (TPSA) is 33.6 Å². The number of hydrogen-bond acceptors (Lipinski definition) is 3. The standard InChI is InChI=1S/C18H18ClN3S2/c19-16-9-5-4-8-15(16)12-24-13-17-20-21-18(23)22(17)11-10-14-6-2-1-3-7-14/h1-9H,10-13H2,(H,21,23). The van der Waals surface area contributed by atoms with Crippen LogP contribution in [-0.4, -0.2) is 14.8 Å². The maximum absolute atomic E-state index is 6.20. The Balaban J connectivity index is 1.60. The number of halogens is 1. The van der Waals surface area contributed by atoms with Crippen molar-refractivity contribution in [3.05, 3.63) is 81.3 Å². The van der Waals surface area contributed by atoms with Gasteiger partial charge in [-0.25, -0.2) is 0 Å². The fourth-order valence-electron chi connectivity index (χ4n) is 2.44. The molecule has 0 spiro atoms. The molecule has 0 aliphatic rings. The third-order valence-electron chi connectivity index (χ3n) is 3.75. The van der Waals surface area contributed by atoms with Crippen LogP contribution in [0.3, 0.4) is 0 Å². The highest BCUT2D eigenvalue weighted by Gasteiger charge is 2.07. The number of hydrogen-bond donors (Lipinski definition) is 1. The van der Waals surface area contributed by atoms with Gasteiger partial charge in [0, 0.05) is 17.3 Å². The smallest absolute Gasteiger partial charge is 0.195 e. The lowest BCUT2D eigenvalue weighted by Gasteiger charge is -2.08. The van der Waals surface area contributed by atoms with Crippen molar-refractivity contribution in [3.63, 3.8) is 0 Å².